The van der Waals surface area contributed by atoms with Crippen molar-refractivity contribution in [1.29, 1.82) is 0 Å². The number of rotatable bonds is 8. The Morgan fingerprint density at radius 1 is 0.941 bits per heavy atom. The van der Waals surface area contributed by atoms with E-state index >= 15 is 0 Å². The lowest BCUT2D eigenvalue weighted by Crippen LogP contribution is -2.18. The van der Waals surface area contributed by atoms with Crippen molar-refractivity contribution in [3.63, 3.8) is 0 Å². The molecule has 6 nitrogen and oxygen atoms in total. The Balaban J connectivity index is 1.26. The molecule has 0 aliphatic carbocycles. The van der Waals surface area contributed by atoms with Crippen molar-refractivity contribution in [2.75, 3.05) is 28.8 Å². The van der Waals surface area contributed by atoms with Crippen LogP contribution in [0, 0.1) is 0 Å². The maximum Gasteiger partial charge on any atom is 0.236 e. The molecule has 0 radical (unpaired) electrons. The van der Waals surface area contributed by atoms with E-state index < -0.39 is 0 Å². The molecule has 172 valence electrons. The predicted molar refractivity (Wildman–Crippen MR) is 146 cm³/mol. The highest BCUT2D eigenvalue weighted by molar-refractivity contribution is 8.00. The van der Waals surface area contributed by atoms with Crippen LogP contribution in [0.5, 0.6) is 5.75 Å². The number of nitrogens with zero attached hydrogens (tertiary/aromatic N) is 1. The summed E-state index contributed by atoms with van der Waals surface area (Å²) in [5, 5.41) is 12.1. The van der Waals surface area contributed by atoms with Crippen LogP contribution in [0.3, 0.4) is 0 Å². The Hall–Kier alpha value is -3.40. The third kappa shape index (κ3) is 6.57. The second-order valence-corrected chi connectivity index (χ2v) is 9.36. The number of hydrogen-bond donors (Lipinski definition) is 3. The number of aromatic nitrogens is 1. The molecule has 0 atom stereocenters. The summed E-state index contributed by atoms with van der Waals surface area (Å²) in [4.78, 5) is 17.9. The minimum Gasteiger partial charge on any atom is -0.496 e. The Morgan fingerprint density at radius 2 is 1.62 bits per heavy atom. The summed E-state index contributed by atoms with van der Waals surface area (Å²) in [7, 11) is 1.63. The molecule has 1 aromatic heterocycles. The lowest BCUT2D eigenvalue weighted by molar-refractivity contribution is -0.113. The van der Waals surface area contributed by atoms with Crippen molar-refractivity contribution in [1.82, 2.24) is 4.98 Å². The highest BCUT2D eigenvalue weighted by Crippen LogP contribution is 2.32. The average molecular weight is 507 g/mol. The number of hydrogen-bond acceptors (Lipinski definition) is 6. The summed E-state index contributed by atoms with van der Waals surface area (Å²) in [6.07, 6.45) is 0. The van der Waals surface area contributed by atoms with Crippen molar-refractivity contribution in [2.24, 2.45) is 0 Å². The number of thioether (sulfide) groups is 1. The molecule has 0 saturated carbocycles. The molecule has 3 aromatic carbocycles. The van der Waals surface area contributed by atoms with E-state index in [9.17, 15) is 4.79 Å². The monoisotopic (exact) mass is 506 g/mol. The molecule has 34 heavy (non-hydrogen) atoms. The van der Waals surface area contributed by atoms with Gasteiger partial charge in [-0.3, -0.25) is 4.79 Å². The van der Waals surface area contributed by atoms with Gasteiger partial charge in [-0.05, 0) is 60.7 Å². The minimum absolute atomic E-state index is 0.110. The van der Waals surface area contributed by atoms with E-state index in [1.165, 1.54) is 23.1 Å². The van der Waals surface area contributed by atoms with Crippen LogP contribution in [0.1, 0.15) is 0 Å². The van der Waals surface area contributed by atoms with E-state index in [1.54, 1.807) is 7.11 Å². The van der Waals surface area contributed by atoms with Gasteiger partial charge in [0.05, 0.1) is 18.6 Å². The molecule has 9 heteroatoms. The Morgan fingerprint density at radius 3 is 2.35 bits per heavy atom. The van der Waals surface area contributed by atoms with Crippen LogP contribution < -0.4 is 20.7 Å². The van der Waals surface area contributed by atoms with Crippen LogP contribution >= 0.6 is 35.3 Å². The number of nitrogens with one attached hydrogen (secondary N) is 3. The van der Waals surface area contributed by atoms with Gasteiger partial charge in [0, 0.05) is 27.2 Å². The van der Waals surface area contributed by atoms with Gasteiger partial charge >= 0.3 is 0 Å². The first-order chi connectivity index (χ1) is 16.6. The Kier molecular flexibility index (Phi) is 8.13. The minimum atomic E-state index is -0.110. The van der Waals surface area contributed by atoms with Gasteiger partial charge in [-0.25, -0.2) is 4.98 Å². The van der Waals surface area contributed by atoms with E-state index in [0.29, 0.717) is 10.2 Å². The molecule has 4 aromatic rings. The van der Waals surface area contributed by atoms with Crippen molar-refractivity contribution >= 4 is 62.8 Å². The third-order valence-corrected chi connectivity index (χ3v) is 6.62. The number of amides is 1. The first-order valence-corrected chi connectivity index (χ1v) is 12.6. The van der Waals surface area contributed by atoms with Gasteiger partial charge in [-0.15, -0.1) is 23.1 Å². The number of anilines is 3. The summed E-state index contributed by atoms with van der Waals surface area (Å²) in [5.74, 6) is 0.918. The molecule has 0 fully saturated rings. The fourth-order valence-corrected chi connectivity index (χ4v) is 4.73. The maximum absolute atomic E-state index is 12.4. The number of carbonyl (C=O) groups excluding carboxylic acids is 1. The number of ether oxygens (including phenoxy) is 1. The largest absolute Gasteiger partial charge is 0.496 e. The topological polar surface area (TPSA) is 75.3 Å². The summed E-state index contributed by atoms with van der Waals surface area (Å²) in [6, 6.07) is 25.2. The fourth-order valence-electron chi connectivity index (χ4n) is 3.06. The average Bonchev–Trinajstić information content (AvgIpc) is 3.32. The molecule has 1 heterocycles. The molecule has 0 bridgehead atoms. The van der Waals surface area contributed by atoms with E-state index in [4.69, 9.17) is 17.0 Å². The van der Waals surface area contributed by atoms with Gasteiger partial charge in [0.1, 0.15) is 5.75 Å². The number of para-hydroxylation sites is 2. The predicted octanol–water partition coefficient (Wildman–Crippen LogP) is 6.36. The summed E-state index contributed by atoms with van der Waals surface area (Å²) in [5.41, 5.74) is 3.46. The molecule has 0 unspecified atom stereocenters. The SMILES string of the molecule is COc1ccccc1-c1csc(NC(=O)CSc2ccc(NC(=S)Nc3ccccc3)cc2)n1. The van der Waals surface area contributed by atoms with Gasteiger partial charge < -0.3 is 20.7 Å². The van der Waals surface area contributed by atoms with E-state index in [-0.39, 0.29) is 11.7 Å². The molecule has 4 rings (SSSR count). The first-order valence-electron chi connectivity index (χ1n) is 10.4. The number of thiocarbonyl (C=S) groups is 1. The van der Waals surface area contributed by atoms with Crippen LogP contribution in [0.4, 0.5) is 16.5 Å². The van der Waals surface area contributed by atoms with Gasteiger partial charge in [-0.2, -0.15) is 0 Å². The van der Waals surface area contributed by atoms with Crippen LogP contribution in [0.25, 0.3) is 11.3 Å². The first kappa shape index (κ1) is 23.7. The zero-order valence-corrected chi connectivity index (χ0v) is 20.7. The van der Waals surface area contributed by atoms with Crippen molar-refractivity contribution < 1.29 is 9.53 Å². The van der Waals surface area contributed by atoms with Crippen molar-refractivity contribution in [3.8, 4) is 17.0 Å². The van der Waals surface area contributed by atoms with Crippen LogP contribution in [-0.2, 0) is 4.79 Å². The highest BCUT2D eigenvalue weighted by atomic mass is 32.2. The molecule has 0 spiro atoms. The molecule has 0 aliphatic heterocycles. The smallest absolute Gasteiger partial charge is 0.236 e. The van der Waals surface area contributed by atoms with Crippen molar-refractivity contribution in [2.45, 2.75) is 4.90 Å². The number of benzene rings is 3. The molecule has 0 saturated heterocycles. The maximum atomic E-state index is 12.4. The second kappa shape index (κ2) is 11.6. The van der Waals surface area contributed by atoms with E-state index in [0.717, 1.165) is 33.3 Å². The van der Waals surface area contributed by atoms with Gasteiger partial charge in [0.15, 0.2) is 10.2 Å². The van der Waals surface area contributed by atoms with Gasteiger partial charge in [-0.1, -0.05) is 30.3 Å². The zero-order valence-electron chi connectivity index (χ0n) is 18.3. The van der Waals surface area contributed by atoms with Gasteiger partial charge in [0.2, 0.25) is 5.91 Å². The lowest BCUT2D eigenvalue weighted by atomic mass is 10.1. The third-order valence-electron chi connectivity index (χ3n) is 4.65. The summed E-state index contributed by atoms with van der Waals surface area (Å²) >= 11 is 8.20. The second-order valence-electron chi connectivity index (χ2n) is 7.04. The molecule has 1 amide bonds. The van der Waals surface area contributed by atoms with E-state index in [2.05, 4.69) is 20.9 Å². The Labute approximate surface area is 211 Å². The lowest BCUT2D eigenvalue weighted by Gasteiger charge is -2.11. The highest BCUT2D eigenvalue weighted by Gasteiger charge is 2.11. The van der Waals surface area contributed by atoms with Gasteiger partial charge in [0.25, 0.3) is 0 Å². The number of methoxy groups -OCH3 is 1. The molecular formula is C25H22N4O2S3. The molecular weight excluding hydrogens is 485 g/mol. The number of carbonyl (C=O) groups is 1. The van der Waals surface area contributed by atoms with E-state index in [1.807, 2.05) is 84.2 Å². The Bertz CT molecular complexity index is 1260. The summed E-state index contributed by atoms with van der Waals surface area (Å²) < 4.78 is 5.39. The van der Waals surface area contributed by atoms with Crippen molar-refractivity contribution in [3.05, 3.63) is 84.2 Å². The quantitative estimate of drug-likeness (QED) is 0.190. The van der Waals surface area contributed by atoms with Crippen LogP contribution in [0.15, 0.2) is 89.1 Å². The zero-order chi connectivity index (χ0) is 23.8. The number of thiazole rings is 1. The van der Waals surface area contributed by atoms with Crippen LogP contribution in [-0.4, -0.2) is 28.9 Å². The fraction of sp³-hybridized carbons (Fsp3) is 0.0800. The van der Waals surface area contributed by atoms with Crippen LogP contribution in [0.2, 0.25) is 0 Å². The summed E-state index contributed by atoms with van der Waals surface area (Å²) in [6.45, 7) is 0. The molecule has 0 aliphatic rings. The molecule has 3 N–H and O–H groups in total. The normalized spacial score (nSPS) is 10.4. The standard InChI is InChI=1S/C25H22N4O2S3/c1-31-22-10-6-5-9-20(22)21-15-34-25(28-21)29-23(30)16-33-19-13-11-18(12-14-19)27-24(32)26-17-7-3-2-4-8-17/h2-15H,16H2,1H3,(H2,26,27,32)(H,28,29,30).